The van der Waals surface area contributed by atoms with Crippen LogP contribution in [0.2, 0.25) is 0 Å². The second-order valence-corrected chi connectivity index (χ2v) is 3.27. The quantitative estimate of drug-likeness (QED) is 0.546. The Bertz CT molecular complexity index is 357. The fourth-order valence-corrected chi connectivity index (χ4v) is 1.16. The molecule has 0 aliphatic rings. The van der Waals surface area contributed by atoms with Gasteiger partial charge in [0.1, 0.15) is 5.75 Å². The Balaban J connectivity index is 2.21. The molecule has 0 saturated heterocycles. The van der Waals surface area contributed by atoms with Gasteiger partial charge in [0.15, 0.2) is 0 Å². The molecule has 0 atom stereocenters. The molecular formula is C11H16N2O4. The lowest BCUT2D eigenvalue weighted by molar-refractivity contribution is 0.0950. The second kappa shape index (κ2) is 7.48. The molecule has 6 heteroatoms. The minimum atomic E-state index is -0.372. The fourth-order valence-electron chi connectivity index (χ4n) is 1.16. The molecule has 1 aromatic carbocycles. The van der Waals surface area contributed by atoms with Gasteiger partial charge in [-0.05, 0) is 12.1 Å². The maximum atomic E-state index is 11.3. The number of aromatic hydroxyl groups is 1. The maximum absolute atomic E-state index is 11.3. The summed E-state index contributed by atoms with van der Waals surface area (Å²) in [6.45, 7) is 0.921. The van der Waals surface area contributed by atoms with Crippen molar-refractivity contribution in [2.45, 2.75) is 0 Å². The Kier molecular flexibility index (Phi) is 5.84. The standard InChI is InChI=1S/C11H16N2O4/c14-5-7-17-6-4-12-11(16)13-9-2-1-3-10(15)8-9/h1-3,8,14-15H,4-7H2,(H2,12,13,16). The number of anilines is 1. The highest BCUT2D eigenvalue weighted by atomic mass is 16.5. The summed E-state index contributed by atoms with van der Waals surface area (Å²) in [4.78, 5) is 11.3. The first-order chi connectivity index (χ1) is 8.22. The van der Waals surface area contributed by atoms with Crippen LogP contribution in [0.25, 0.3) is 0 Å². The van der Waals surface area contributed by atoms with Crippen molar-refractivity contribution in [3.8, 4) is 5.75 Å². The van der Waals surface area contributed by atoms with E-state index in [1.54, 1.807) is 12.1 Å². The van der Waals surface area contributed by atoms with Gasteiger partial charge >= 0.3 is 6.03 Å². The third-order valence-electron chi connectivity index (χ3n) is 1.87. The lowest BCUT2D eigenvalue weighted by atomic mass is 10.3. The van der Waals surface area contributed by atoms with Crippen LogP contribution < -0.4 is 10.6 Å². The van der Waals surface area contributed by atoms with Gasteiger partial charge in [0.25, 0.3) is 0 Å². The Morgan fingerprint density at radius 3 is 2.88 bits per heavy atom. The molecule has 0 aromatic heterocycles. The third kappa shape index (κ3) is 5.74. The van der Waals surface area contributed by atoms with E-state index in [2.05, 4.69) is 10.6 Å². The molecule has 94 valence electrons. The van der Waals surface area contributed by atoms with Crippen molar-refractivity contribution in [2.75, 3.05) is 31.7 Å². The summed E-state index contributed by atoms with van der Waals surface area (Å²) in [6, 6.07) is 5.90. The van der Waals surface area contributed by atoms with Crippen LogP contribution in [0.1, 0.15) is 0 Å². The van der Waals surface area contributed by atoms with Crippen molar-refractivity contribution in [1.29, 1.82) is 0 Å². The zero-order valence-electron chi connectivity index (χ0n) is 9.35. The Labute approximate surface area is 99.2 Å². The van der Waals surface area contributed by atoms with Crippen LogP contribution in [0.15, 0.2) is 24.3 Å². The number of amides is 2. The van der Waals surface area contributed by atoms with Crippen LogP contribution in [-0.4, -0.2) is 42.6 Å². The summed E-state index contributed by atoms with van der Waals surface area (Å²) in [7, 11) is 0. The summed E-state index contributed by atoms with van der Waals surface area (Å²) in [6.07, 6.45) is 0. The predicted molar refractivity (Wildman–Crippen MR) is 63.0 cm³/mol. The summed E-state index contributed by atoms with van der Waals surface area (Å²) >= 11 is 0. The van der Waals surface area contributed by atoms with Crippen molar-refractivity contribution in [3.05, 3.63) is 24.3 Å². The first-order valence-corrected chi connectivity index (χ1v) is 5.25. The molecule has 4 N–H and O–H groups in total. The number of nitrogens with one attached hydrogen (secondary N) is 2. The number of phenols is 1. The number of benzene rings is 1. The number of carbonyl (C=O) groups excluding carboxylic acids is 1. The number of aliphatic hydroxyl groups excluding tert-OH is 1. The average molecular weight is 240 g/mol. The Morgan fingerprint density at radius 1 is 1.35 bits per heavy atom. The highest BCUT2D eigenvalue weighted by molar-refractivity contribution is 5.89. The molecule has 6 nitrogen and oxygen atoms in total. The molecule has 2 amide bonds. The smallest absolute Gasteiger partial charge is 0.319 e. The van der Waals surface area contributed by atoms with Crippen molar-refractivity contribution in [2.24, 2.45) is 0 Å². The van der Waals surface area contributed by atoms with Crippen molar-refractivity contribution >= 4 is 11.7 Å². The van der Waals surface area contributed by atoms with Gasteiger partial charge in [-0.1, -0.05) is 6.07 Å². The number of ether oxygens (including phenoxy) is 1. The molecule has 0 spiro atoms. The number of aliphatic hydroxyl groups is 1. The van der Waals surface area contributed by atoms with E-state index in [0.717, 1.165) is 0 Å². The largest absolute Gasteiger partial charge is 0.508 e. The third-order valence-corrected chi connectivity index (χ3v) is 1.87. The molecule has 0 radical (unpaired) electrons. The normalized spacial score (nSPS) is 9.94. The summed E-state index contributed by atoms with van der Waals surface area (Å²) in [5.41, 5.74) is 0.513. The number of hydrogen-bond donors (Lipinski definition) is 4. The molecule has 0 saturated carbocycles. The van der Waals surface area contributed by atoms with E-state index in [4.69, 9.17) is 9.84 Å². The van der Waals surface area contributed by atoms with E-state index < -0.39 is 0 Å². The van der Waals surface area contributed by atoms with Crippen LogP contribution in [-0.2, 0) is 4.74 Å². The van der Waals surface area contributed by atoms with Crippen LogP contribution >= 0.6 is 0 Å². The molecule has 0 bridgehead atoms. The van der Waals surface area contributed by atoms with E-state index >= 15 is 0 Å². The van der Waals surface area contributed by atoms with Crippen molar-refractivity contribution in [1.82, 2.24) is 5.32 Å². The van der Waals surface area contributed by atoms with E-state index in [9.17, 15) is 9.90 Å². The van der Waals surface area contributed by atoms with E-state index in [1.165, 1.54) is 12.1 Å². The van der Waals surface area contributed by atoms with E-state index in [1.807, 2.05) is 0 Å². The van der Waals surface area contributed by atoms with Gasteiger partial charge in [-0.3, -0.25) is 0 Å². The van der Waals surface area contributed by atoms with E-state index in [-0.39, 0.29) is 25.0 Å². The predicted octanol–water partition coefficient (Wildman–Crippen LogP) is 0.523. The molecule has 1 aromatic rings. The fraction of sp³-hybridized carbons (Fsp3) is 0.364. The first-order valence-electron chi connectivity index (χ1n) is 5.25. The minimum Gasteiger partial charge on any atom is -0.508 e. The highest BCUT2D eigenvalue weighted by Gasteiger charge is 2.01. The molecule has 1 rings (SSSR count). The van der Waals surface area contributed by atoms with Crippen LogP contribution in [0.5, 0.6) is 5.75 Å². The Hall–Kier alpha value is -1.79. The van der Waals surface area contributed by atoms with Gasteiger partial charge in [0.05, 0.1) is 19.8 Å². The summed E-state index contributed by atoms with van der Waals surface area (Å²) < 4.78 is 4.97. The summed E-state index contributed by atoms with van der Waals surface area (Å²) in [5, 5.41) is 22.8. The molecule has 0 fully saturated rings. The summed E-state index contributed by atoms with van der Waals surface area (Å²) in [5.74, 6) is 0.0917. The van der Waals surface area contributed by atoms with E-state index in [0.29, 0.717) is 18.8 Å². The molecular weight excluding hydrogens is 224 g/mol. The van der Waals surface area contributed by atoms with Crippen LogP contribution in [0.4, 0.5) is 10.5 Å². The lowest BCUT2D eigenvalue weighted by Crippen LogP contribution is -2.31. The lowest BCUT2D eigenvalue weighted by Gasteiger charge is -2.07. The highest BCUT2D eigenvalue weighted by Crippen LogP contribution is 2.14. The van der Waals surface area contributed by atoms with Crippen LogP contribution in [0.3, 0.4) is 0 Å². The molecule has 0 aliphatic carbocycles. The number of rotatable bonds is 6. The molecule has 0 aliphatic heterocycles. The van der Waals surface area contributed by atoms with Crippen LogP contribution in [0, 0.1) is 0 Å². The van der Waals surface area contributed by atoms with Crippen molar-refractivity contribution < 1.29 is 19.7 Å². The number of urea groups is 1. The first kappa shape index (κ1) is 13.3. The number of phenolic OH excluding ortho intramolecular Hbond substituents is 1. The number of hydrogen-bond acceptors (Lipinski definition) is 4. The van der Waals surface area contributed by atoms with Gasteiger partial charge in [0, 0.05) is 18.3 Å². The zero-order chi connectivity index (χ0) is 12.5. The van der Waals surface area contributed by atoms with Gasteiger partial charge in [-0.25, -0.2) is 4.79 Å². The number of carbonyl (C=O) groups is 1. The molecule has 0 unspecified atom stereocenters. The minimum absolute atomic E-state index is 0.0323. The van der Waals surface area contributed by atoms with Crippen molar-refractivity contribution in [3.63, 3.8) is 0 Å². The van der Waals surface area contributed by atoms with Gasteiger partial charge in [-0.15, -0.1) is 0 Å². The maximum Gasteiger partial charge on any atom is 0.319 e. The molecule has 17 heavy (non-hydrogen) atoms. The van der Waals surface area contributed by atoms with Gasteiger partial charge in [-0.2, -0.15) is 0 Å². The van der Waals surface area contributed by atoms with Gasteiger partial charge < -0.3 is 25.6 Å². The molecule has 0 heterocycles. The van der Waals surface area contributed by atoms with Gasteiger partial charge in [0.2, 0.25) is 0 Å². The topological polar surface area (TPSA) is 90.8 Å². The monoisotopic (exact) mass is 240 g/mol. The Morgan fingerprint density at radius 2 is 2.18 bits per heavy atom. The zero-order valence-corrected chi connectivity index (χ0v) is 9.35. The second-order valence-electron chi connectivity index (χ2n) is 3.27. The average Bonchev–Trinajstić information content (AvgIpc) is 2.29. The SMILES string of the molecule is O=C(NCCOCCO)Nc1cccc(O)c1.